The zero-order chi connectivity index (χ0) is 21.2. The Balaban J connectivity index is 1.89. The van der Waals surface area contributed by atoms with Crippen LogP contribution < -0.4 is 5.32 Å². The summed E-state index contributed by atoms with van der Waals surface area (Å²) in [4.78, 5) is 26.1. The van der Waals surface area contributed by atoms with Crippen molar-refractivity contribution in [3.63, 3.8) is 0 Å². The first-order valence-corrected chi connectivity index (χ1v) is 11.9. The Hall–Kier alpha value is -1.93. The number of likely N-dealkylation sites (tertiary alicyclic amines) is 1. The Kier molecular flexibility index (Phi) is 6.33. The zero-order valence-electron chi connectivity index (χ0n) is 17.0. The molecule has 1 atom stereocenters. The predicted octanol–water partition coefficient (Wildman–Crippen LogP) is 2.07. The molecule has 1 aliphatic heterocycles. The maximum atomic E-state index is 13.2. The lowest BCUT2D eigenvalue weighted by Crippen LogP contribution is -2.58. The van der Waals surface area contributed by atoms with Crippen molar-refractivity contribution in [3.8, 4) is 0 Å². The highest BCUT2D eigenvalue weighted by atomic mass is 32.2. The number of benzene rings is 1. The van der Waals surface area contributed by atoms with Gasteiger partial charge in [0.1, 0.15) is 5.92 Å². The van der Waals surface area contributed by atoms with Crippen molar-refractivity contribution < 1.29 is 23.1 Å². The van der Waals surface area contributed by atoms with Crippen LogP contribution in [-0.4, -0.2) is 60.2 Å². The molecule has 1 aromatic carbocycles. The summed E-state index contributed by atoms with van der Waals surface area (Å²) < 4.78 is 26.3. The van der Waals surface area contributed by atoms with Gasteiger partial charge in [-0.25, -0.2) is 8.42 Å². The lowest BCUT2D eigenvalue weighted by atomic mass is 9.79. The Labute approximate surface area is 172 Å². The van der Waals surface area contributed by atoms with Crippen LogP contribution >= 0.6 is 0 Å². The lowest BCUT2D eigenvalue weighted by molar-refractivity contribution is -0.149. The number of carbonyl (C=O) groups is 2. The summed E-state index contributed by atoms with van der Waals surface area (Å²) in [5.41, 5.74) is -0.856. The molecule has 1 heterocycles. The van der Waals surface area contributed by atoms with Crippen molar-refractivity contribution in [1.82, 2.24) is 10.2 Å². The van der Waals surface area contributed by atoms with Crippen LogP contribution in [-0.2, 0) is 19.4 Å². The normalized spacial score (nSPS) is 28.1. The first kappa shape index (κ1) is 21.8. The second-order valence-corrected chi connectivity index (χ2v) is 10.6. The summed E-state index contributed by atoms with van der Waals surface area (Å²) in [5.74, 6) is -2.82. The minimum Gasteiger partial charge on any atom is -0.481 e. The number of carboxylic acid groups (broad SMARTS) is 1. The van der Waals surface area contributed by atoms with Crippen LogP contribution in [0.1, 0.15) is 46.0 Å². The molecular formula is C21H30N2O5S. The second-order valence-electron chi connectivity index (χ2n) is 8.56. The van der Waals surface area contributed by atoms with E-state index in [9.17, 15) is 23.1 Å². The molecule has 1 saturated carbocycles. The van der Waals surface area contributed by atoms with Gasteiger partial charge in [0.15, 0.2) is 9.84 Å². The molecule has 7 nitrogen and oxygen atoms in total. The molecule has 1 unspecified atom stereocenters. The molecule has 0 spiro atoms. The van der Waals surface area contributed by atoms with Gasteiger partial charge in [-0.1, -0.05) is 32.0 Å². The van der Waals surface area contributed by atoms with Crippen molar-refractivity contribution in [2.75, 3.05) is 12.3 Å². The molecule has 0 bridgehead atoms. The number of carbonyl (C=O) groups excluding carboxylic acids is 1. The molecule has 0 radical (unpaired) electrons. The molecule has 1 aliphatic carbocycles. The Morgan fingerprint density at radius 1 is 1.21 bits per heavy atom. The fourth-order valence-corrected chi connectivity index (χ4v) is 6.62. The first-order valence-electron chi connectivity index (χ1n) is 10.2. The molecule has 2 fully saturated rings. The molecule has 0 aromatic heterocycles. The summed E-state index contributed by atoms with van der Waals surface area (Å²) >= 11 is 0. The van der Waals surface area contributed by atoms with E-state index >= 15 is 0 Å². The van der Waals surface area contributed by atoms with Crippen LogP contribution in [0.25, 0.3) is 0 Å². The maximum absolute atomic E-state index is 13.2. The number of aliphatic carboxylic acids is 1. The quantitative estimate of drug-likeness (QED) is 0.652. The van der Waals surface area contributed by atoms with Crippen LogP contribution in [0.3, 0.4) is 0 Å². The van der Waals surface area contributed by atoms with E-state index in [0.717, 1.165) is 12.8 Å². The molecule has 2 aliphatic rings. The van der Waals surface area contributed by atoms with Crippen LogP contribution in [0.15, 0.2) is 35.2 Å². The van der Waals surface area contributed by atoms with Crippen LogP contribution in [0.5, 0.6) is 0 Å². The van der Waals surface area contributed by atoms with Crippen molar-refractivity contribution in [2.24, 2.45) is 5.92 Å². The molecule has 160 valence electrons. The summed E-state index contributed by atoms with van der Waals surface area (Å²) in [6.45, 7) is 4.44. The van der Waals surface area contributed by atoms with Gasteiger partial charge in [-0.2, -0.15) is 0 Å². The van der Waals surface area contributed by atoms with E-state index in [4.69, 9.17) is 0 Å². The van der Waals surface area contributed by atoms with Crippen molar-refractivity contribution in [2.45, 2.75) is 68.5 Å². The van der Waals surface area contributed by atoms with Gasteiger partial charge in [-0.15, -0.1) is 0 Å². The van der Waals surface area contributed by atoms with E-state index in [-0.39, 0.29) is 23.1 Å². The highest BCUT2D eigenvalue weighted by Gasteiger charge is 2.51. The predicted molar refractivity (Wildman–Crippen MR) is 109 cm³/mol. The van der Waals surface area contributed by atoms with E-state index in [1.807, 2.05) is 0 Å². The van der Waals surface area contributed by atoms with Gasteiger partial charge < -0.3 is 15.3 Å². The Morgan fingerprint density at radius 3 is 2.34 bits per heavy atom. The highest BCUT2D eigenvalue weighted by molar-refractivity contribution is 7.91. The van der Waals surface area contributed by atoms with Crippen LogP contribution in [0, 0.1) is 5.92 Å². The second kappa shape index (κ2) is 8.44. The first-order chi connectivity index (χ1) is 13.6. The summed E-state index contributed by atoms with van der Waals surface area (Å²) in [5, 5.41) is 12.9. The van der Waals surface area contributed by atoms with Crippen molar-refractivity contribution in [3.05, 3.63) is 30.3 Å². The van der Waals surface area contributed by atoms with Gasteiger partial charge in [-0.05, 0) is 44.2 Å². The Morgan fingerprint density at radius 2 is 1.83 bits per heavy atom. The monoisotopic (exact) mass is 422 g/mol. The summed E-state index contributed by atoms with van der Waals surface area (Å²) in [6, 6.07) is 8.87. The van der Waals surface area contributed by atoms with Crippen molar-refractivity contribution >= 4 is 21.7 Å². The fourth-order valence-electron chi connectivity index (χ4n) is 4.73. The van der Waals surface area contributed by atoms with Gasteiger partial charge in [0.25, 0.3) is 0 Å². The number of nitrogens with one attached hydrogen (secondary N) is 1. The molecule has 1 aromatic rings. The number of hydrogen-bond acceptors (Lipinski definition) is 5. The average Bonchev–Trinajstić information content (AvgIpc) is 3.06. The highest BCUT2D eigenvalue weighted by Crippen LogP contribution is 2.40. The third-order valence-electron chi connectivity index (χ3n) is 6.12. The van der Waals surface area contributed by atoms with E-state index < -0.39 is 33.2 Å². The number of hydrogen-bond donors (Lipinski definition) is 2. The molecule has 2 N–H and O–H groups in total. The number of carboxylic acids is 1. The minimum atomic E-state index is -3.62. The molecule has 8 heteroatoms. The Bertz CT molecular complexity index is 845. The van der Waals surface area contributed by atoms with E-state index in [0.29, 0.717) is 25.4 Å². The topological polar surface area (TPSA) is 104 Å². The van der Waals surface area contributed by atoms with E-state index in [1.54, 1.807) is 35.2 Å². The van der Waals surface area contributed by atoms with Gasteiger partial charge in [0.2, 0.25) is 5.91 Å². The number of sulfone groups is 1. The lowest BCUT2D eigenvalue weighted by Gasteiger charge is -2.46. The SMILES string of the molecule is CC(C)NC1CCC(CS(=O)(=O)c2ccccc2)(N2CCC(C(=O)O)C2=O)CC1. The fraction of sp³-hybridized carbons (Fsp3) is 0.619. The average molecular weight is 423 g/mol. The van der Waals surface area contributed by atoms with Gasteiger partial charge in [0.05, 0.1) is 16.2 Å². The van der Waals surface area contributed by atoms with Crippen molar-refractivity contribution in [1.29, 1.82) is 0 Å². The molecule has 3 rings (SSSR count). The van der Waals surface area contributed by atoms with Gasteiger partial charge in [0, 0.05) is 18.6 Å². The third kappa shape index (κ3) is 4.64. The molecule has 29 heavy (non-hydrogen) atoms. The standard InChI is InChI=1S/C21H30N2O5S/c1-15(2)22-16-8-11-21(12-9-16,23-13-10-18(19(23)24)20(25)26)14-29(27,28)17-6-4-3-5-7-17/h3-7,15-16,18,22H,8-14H2,1-2H3,(H,25,26). The van der Waals surface area contributed by atoms with Crippen LogP contribution in [0.4, 0.5) is 0 Å². The molecular weight excluding hydrogens is 392 g/mol. The smallest absolute Gasteiger partial charge is 0.316 e. The maximum Gasteiger partial charge on any atom is 0.316 e. The summed E-state index contributed by atoms with van der Waals surface area (Å²) in [7, 11) is -3.62. The molecule has 1 saturated heterocycles. The zero-order valence-corrected chi connectivity index (χ0v) is 17.8. The number of rotatable bonds is 7. The largest absolute Gasteiger partial charge is 0.481 e. The number of nitrogens with zero attached hydrogens (tertiary/aromatic N) is 1. The van der Waals surface area contributed by atoms with E-state index in [1.165, 1.54) is 0 Å². The number of amides is 1. The van der Waals surface area contributed by atoms with E-state index in [2.05, 4.69) is 19.2 Å². The summed E-state index contributed by atoms with van der Waals surface area (Å²) in [6.07, 6.45) is 2.83. The minimum absolute atomic E-state index is 0.170. The van der Waals surface area contributed by atoms with Crippen LogP contribution in [0.2, 0.25) is 0 Å². The molecule has 1 amide bonds. The van der Waals surface area contributed by atoms with Gasteiger partial charge in [-0.3, -0.25) is 9.59 Å². The third-order valence-corrected chi connectivity index (χ3v) is 8.03. The van der Waals surface area contributed by atoms with Gasteiger partial charge >= 0.3 is 5.97 Å².